The molecule has 42 heavy (non-hydrogen) atoms. The molecule has 2 saturated heterocycles. The summed E-state index contributed by atoms with van der Waals surface area (Å²) in [5, 5.41) is 9.54. The highest BCUT2D eigenvalue weighted by atomic mass is 16.6. The Kier molecular flexibility index (Phi) is 10.9. The number of piperidine rings is 2. The number of carboxylic acid groups (broad SMARTS) is 1. The first-order chi connectivity index (χ1) is 19.5. The van der Waals surface area contributed by atoms with E-state index in [4.69, 9.17) is 14.2 Å². The van der Waals surface area contributed by atoms with E-state index in [0.717, 1.165) is 25.7 Å². The van der Waals surface area contributed by atoms with Crippen molar-refractivity contribution in [1.29, 1.82) is 0 Å². The van der Waals surface area contributed by atoms with Gasteiger partial charge < -0.3 is 29.1 Å². The number of ether oxygens (including phenoxy) is 3. The van der Waals surface area contributed by atoms with Crippen LogP contribution in [0.4, 0.5) is 9.59 Å². The van der Waals surface area contributed by atoms with Gasteiger partial charge in [0.25, 0.3) is 0 Å². The van der Waals surface area contributed by atoms with E-state index in [2.05, 4.69) is 0 Å². The van der Waals surface area contributed by atoms with Crippen LogP contribution in [-0.2, 0) is 23.8 Å². The number of hydrogen-bond donors (Lipinski definition) is 1. The lowest BCUT2D eigenvalue weighted by Crippen LogP contribution is -2.48. The average molecular weight is 595 g/mol. The lowest BCUT2D eigenvalue weighted by molar-refractivity contribution is -0.159. The molecule has 2 saturated carbocycles. The first-order valence-electron chi connectivity index (χ1n) is 15.8. The SMILES string of the molecule is CC(C)(C)OC(=O)N1CCC(CC2CC2)(C(=O)O)CC1.CCOC(=O)C1(CC2CC2)CCN(C(=O)OC(C)(C)C)CC1. The average Bonchev–Trinajstić information content (AvgIpc) is 3.81. The molecule has 2 aliphatic heterocycles. The minimum Gasteiger partial charge on any atom is -0.481 e. The summed E-state index contributed by atoms with van der Waals surface area (Å²) in [6, 6.07) is 0. The van der Waals surface area contributed by atoms with Crippen molar-refractivity contribution in [1.82, 2.24) is 9.80 Å². The van der Waals surface area contributed by atoms with E-state index >= 15 is 0 Å². The maximum atomic E-state index is 12.4. The number of carboxylic acids is 1. The van der Waals surface area contributed by atoms with Crippen molar-refractivity contribution in [3.05, 3.63) is 0 Å². The third-order valence-corrected chi connectivity index (χ3v) is 8.66. The van der Waals surface area contributed by atoms with Gasteiger partial charge in [0.2, 0.25) is 0 Å². The number of carbonyl (C=O) groups excluding carboxylic acids is 3. The number of nitrogens with zero attached hydrogens (tertiary/aromatic N) is 2. The van der Waals surface area contributed by atoms with Crippen molar-refractivity contribution < 1.29 is 38.5 Å². The first-order valence-corrected chi connectivity index (χ1v) is 15.8. The third-order valence-electron chi connectivity index (χ3n) is 8.66. The minimum absolute atomic E-state index is 0.0780. The molecule has 0 aromatic carbocycles. The van der Waals surface area contributed by atoms with Crippen LogP contribution in [0.25, 0.3) is 0 Å². The quantitative estimate of drug-likeness (QED) is 0.271. The topological polar surface area (TPSA) is 123 Å². The number of esters is 1. The van der Waals surface area contributed by atoms with Gasteiger partial charge in [-0.3, -0.25) is 9.59 Å². The Morgan fingerprint density at radius 3 is 1.36 bits per heavy atom. The molecule has 0 aromatic rings. The van der Waals surface area contributed by atoms with Crippen molar-refractivity contribution in [3.8, 4) is 0 Å². The number of aliphatic carboxylic acids is 1. The molecule has 4 rings (SSSR count). The molecule has 4 aliphatic rings. The lowest BCUT2D eigenvalue weighted by atomic mass is 9.74. The molecule has 0 atom stereocenters. The highest BCUT2D eigenvalue weighted by Gasteiger charge is 2.48. The summed E-state index contributed by atoms with van der Waals surface area (Å²) in [4.78, 5) is 51.5. The molecule has 10 heteroatoms. The van der Waals surface area contributed by atoms with Crippen LogP contribution >= 0.6 is 0 Å². The summed E-state index contributed by atoms with van der Waals surface area (Å²) in [5.74, 6) is 0.468. The van der Waals surface area contributed by atoms with Gasteiger partial charge >= 0.3 is 24.1 Å². The van der Waals surface area contributed by atoms with Gasteiger partial charge in [-0.1, -0.05) is 25.7 Å². The van der Waals surface area contributed by atoms with Crippen LogP contribution in [0.15, 0.2) is 0 Å². The van der Waals surface area contributed by atoms with E-state index in [1.54, 1.807) is 9.80 Å². The minimum atomic E-state index is -0.701. The summed E-state index contributed by atoms with van der Waals surface area (Å²) in [6.07, 6.45) is 8.26. The second-order valence-electron chi connectivity index (χ2n) is 14.8. The number of likely N-dealkylation sites (tertiary alicyclic amines) is 2. The second kappa shape index (κ2) is 13.4. The van der Waals surface area contributed by atoms with Crippen LogP contribution in [-0.4, -0.2) is 83.0 Å². The van der Waals surface area contributed by atoms with E-state index in [-0.39, 0.29) is 18.2 Å². The van der Waals surface area contributed by atoms with E-state index in [1.807, 2.05) is 48.5 Å². The van der Waals surface area contributed by atoms with Gasteiger partial charge in [0, 0.05) is 26.2 Å². The lowest BCUT2D eigenvalue weighted by Gasteiger charge is -2.40. The molecule has 2 heterocycles. The van der Waals surface area contributed by atoms with Crippen molar-refractivity contribution in [3.63, 3.8) is 0 Å². The number of hydrogen-bond acceptors (Lipinski definition) is 7. The van der Waals surface area contributed by atoms with Gasteiger partial charge in [-0.25, -0.2) is 9.59 Å². The molecule has 0 spiro atoms. The Bertz CT molecular complexity index is 958. The Balaban J connectivity index is 0.000000231. The van der Waals surface area contributed by atoms with E-state index in [1.165, 1.54) is 12.8 Å². The molecule has 0 aromatic heterocycles. The molecule has 2 aliphatic carbocycles. The monoisotopic (exact) mass is 594 g/mol. The zero-order chi connectivity index (χ0) is 31.3. The Morgan fingerprint density at radius 1 is 0.690 bits per heavy atom. The van der Waals surface area contributed by atoms with Gasteiger partial charge in [0.05, 0.1) is 17.4 Å². The number of amides is 2. The molecular formula is C32H54N2O8. The molecule has 4 fully saturated rings. The van der Waals surface area contributed by atoms with E-state index < -0.39 is 28.0 Å². The Morgan fingerprint density at radius 2 is 1.05 bits per heavy atom. The fourth-order valence-corrected chi connectivity index (χ4v) is 5.92. The standard InChI is InChI=1S/C17H29NO4.C15H25NO4/c1-5-21-14(19)17(12-13-6-7-13)8-10-18(11-9-17)15(20)22-16(2,3)4;1-14(2,3)20-13(19)16-8-6-15(7-9-16,12(17)18)10-11-4-5-11/h13H,5-12H2,1-4H3;11H,4-10H2,1-3H3,(H,17,18). The summed E-state index contributed by atoms with van der Waals surface area (Å²) >= 11 is 0. The molecular weight excluding hydrogens is 540 g/mol. The smallest absolute Gasteiger partial charge is 0.410 e. The van der Waals surface area contributed by atoms with E-state index in [9.17, 15) is 24.3 Å². The molecule has 2 amide bonds. The largest absolute Gasteiger partial charge is 0.481 e. The summed E-state index contributed by atoms with van der Waals surface area (Å²) in [6.45, 7) is 15.5. The second-order valence-corrected chi connectivity index (χ2v) is 14.8. The van der Waals surface area contributed by atoms with Crippen LogP contribution in [0.1, 0.15) is 113 Å². The van der Waals surface area contributed by atoms with Crippen LogP contribution in [0.3, 0.4) is 0 Å². The van der Waals surface area contributed by atoms with Crippen molar-refractivity contribution in [2.45, 2.75) is 124 Å². The maximum Gasteiger partial charge on any atom is 0.410 e. The molecule has 0 bridgehead atoms. The maximum absolute atomic E-state index is 12.4. The summed E-state index contributed by atoms with van der Waals surface area (Å²) in [7, 11) is 0. The van der Waals surface area contributed by atoms with Crippen molar-refractivity contribution in [2.24, 2.45) is 22.7 Å². The zero-order valence-electron chi connectivity index (χ0n) is 27.0. The fraction of sp³-hybridized carbons (Fsp3) is 0.875. The summed E-state index contributed by atoms with van der Waals surface area (Å²) < 4.78 is 16.1. The number of carbonyl (C=O) groups is 4. The highest BCUT2D eigenvalue weighted by molar-refractivity contribution is 5.78. The van der Waals surface area contributed by atoms with Gasteiger partial charge in [0.1, 0.15) is 11.2 Å². The van der Waals surface area contributed by atoms with Gasteiger partial charge in [-0.15, -0.1) is 0 Å². The van der Waals surface area contributed by atoms with Crippen molar-refractivity contribution in [2.75, 3.05) is 32.8 Å². The van der Waals surface area contributed by atoms with E-state index in [0.29, 0.717) is 70.3 Å². The normalized spacial score (nSPS) is 21.9. The van der Waals surface area contributed by atoms with Gasteiger partial charge in [0.15, 0.2) is 0 Å². The third kappa shape index (κ3) is 10.0. The fourth-order valence-electron chi connectivity index (χ4n) is 5.92. The molecule has 0 radical (unpaired) electrons. The van der Waals surface area contributed by atoms with Crippen molar-refractivity contribution >= 4 is 24.1 Å². The van der Waals surface area contributed by atoms with Crippen LogP contribution in [0.2, 0.25) is 0 Å². The van der Waals surface area contributed by atoms with Crippen LogP contribution in [0.5, 0.6) is 0 Å². The van der Waals surface area contributed by atoms with Gasteiger partial charge in [-0.2, -0.15) is 0 Å². The summed E-state index contributed by atoms with van der Waals surface area (Å²) in [5.41, 5.74) is -2.01. The molecule has 1 N–H and O–H groups in total. The van der Waals surface area contributed by atoms with Crippen LogP contribution < -0.4 is 0 Å². The predicted molar refractivity (Wildman–Crippen MR) is 158 cm³/mol. The highest BCUT2D eigenvalue weighted by Crippen LogP contribution is 2.47. The number of rotatable bonds is 7. The molecule has 240 valence electrons. The predicted octanol–water partition coefficient (Wildman–Crippen LogP) is 6.26. The van der Waals surface area contributed by atoms with Crippen LogP contribution in [0, 0.1) is 22.7 Å². The first kappa shape index (κ1) is 34.0. The molecule has 10 nitrogen and oxygen atoms in total. The Hall–Kier alpha value is -2.52. The van der Waals surface area contributed by atoms with Gasteiger partial charge in [-0.05, 0) is 98.8 Å². The zero-order valence-corrected chi connectivity index (χ0v) is 27.0. The Labute approximate surface area is 251 Å². The molecule has 0 unspecified atom stereocenters.